The van der Waals surface area contributed by atoms with Gasteiger partial charge in [0.1, 0.15) is 11.0 Å². The van der Waals surface area contributed by atoms with Crippen molar-refractivity contribution < 1.29 is 43.1 Å². The first-order valence-electron chi connectivity index (χ1n) is 14.0. The molecule has 0 saturated heterocycles. The highest BCUT2D eigenvalue weighted by molar-refractivity contribution is 6.32. The van der Waals surface area contributed by atoms with Gasteiger partial charge in [0, 0.05) is 54.8 Å². The van der Waals surface area contributed by atoms with E-state index in [0.717, 1.165) is 66.7 Å². The average molecular weight is 745 g/mol. The molecule has 4 heterocycles. The highest BCUT2D eigenvalue weighted by Gasteiger charge is 2.22. The Bertz CT molecular complexity index is 2120. The SMILES string of the molecule is Clc1ccc2c(c1)c1cc[n+](Cc3ccccc3)cc1n2-n1c2ccc(Cl)cc2c2cc[n+](Cc3ccccc3)cc21.[Br-].[Br-]. The zero-order chi connectivity index (χ0) is 28.2. The predicted octanol–water partition coefficient (Wildman–Crippen LogP) is 2.20. The first-order valence-corrected chi connectivity index (χ1v) is 14.7. The molecule has 0 saturated carbocycles. The van der Waals surface area contributed by atoms with Gasteiger partial charge >= 0.3 is 0 Å². The number of nitrogens with zero attached hydrogens (tertiary/aromatic N) is 4. The lowest BCUT2D eigenvalue weighted by Gasteiger charge is -2.12. The fourth-order valence-electron chi connectivity index (χ4n) is 6.14. The van der Waals surface area contributed by atoms with Gasteiger partial charge in [0.2, 0.25) is 0 Å². The van der Waals surface area contributed by atoms with E-state index in [1.54, 1.807) is 0 Å². The molecule has 0 aliphatic heterocycles. The number of halogens is 4. The van der Waals surface area contributed by atoms with Crippen LogP contribution in [0.3, 0.4) is 0 Å². The summed E-state index contributed by atoms with van der Waals surface area (Å²) < 4.78 is 9.14. The molecule has 0 amide bonds. The Morgan fingerprint density at radius 2 is 0.864 bits per heavy atom. The molecule has 44 heavy (non-hydrogen) atoms. The fraction of sp³-hybridized carbons (Fsp3) is 0.0556. The maximum atomic E-state index is 6.56. The van der Waals surface area contributed by atoms with Gasteiger partial charge in [-0.1, -0.05) is 83.9 Å². The molecule has 218 valence electrons. The standard InChI is InChI=1S/C36H26Cl2N4.2BrH/c37-27-11-13-33-31(19-27)29-15-17-39(21-25-7-3-1-4-8-25)23-35(29)41(33)42-34-14-12-28(38)20-32(34)30-16-18-40(24-36(30)42)22-26-9-5-2-6-10-26;;/h1-20,23-24H,21-22H2;2*1H/q+2;;/p-2. The first-order chi connectivity index (χ1) is 20.6. The van der Waals surface area contributed by atoms with Crippen LogP contribution in [-0.2, 0) is 13.1 Å². The molecule has 0 aliphatic rings. The minimum Gasteiger partial charge on any atom is -1.00 e. The van der Waals surface area contributed by atoms with Gasteiger partial charge in [-0.25, -0.2) is 9.35 Å². The van der Waals surface area contributed by atoms with E-state index >= 15 is 0 Å². The van der Waals surface area contributed by atoms with E-state index in [0.29, 0.717) is 0 Å². The summed E-state index contributed by atoms with van der Waals surface area (Å²) in [6, 6.07) is 37.8. The van der Waals surface area contributed by atoms with Crippen molar-refractivity contribution in [3.63, 3.8) is 0 Å². The molecule has 8 rings (SSSR count). The Morgan fingerprint density at radius 3 is 1.27 bits per heavy atom. The van der Waals surface area contributed by atoms with Gasteiger partial charge in [-0.15, -0.1) is 0 Å². The Labute approximate surface area is 285 Å². The van der Waals surface area contributed by atoms with Gasteiger partial charge in [-0.05, 0) is 36.4 Å². The summed E-state index contributed by atoms with van der Waals surface area (Å²) in [5.74, 6) is 0. The summed E-state index contributed by atoms with van der Waals surface area (Å²) in [5, 5.41) is 5.96. The summed E-state index contributed by atoms with van der Waals surface area (Å²) >= 11 is 13.1. The molecule has 4 nitrogen and oxygen atoms in total. The van der Waals surface area contributed by atoms with Crippen LogP contribution in [0.15, 0.2) is 134 Å². The van der Waals surface area contributed by atoms with E-state index in [9.17, 15) is 0 Å². The quantitative estimate of drug-likeness (QED) is 0.241. The van der Waals surface area contributed by atoms with E-state index in [2.05, 4.69) is 140 Å². The highest BCUT2D eigenvalue weighted by atomic mass is 79.9. The van der Waals surface area contributed by atoms with Crippen LogP contribution in [-0.4, -0.2) is 9.35 Å². The van der Waals surface area contributed by atoms with Crippen molar-refractivity contribution in [3.05, 3.63) is 155 Å². The second-order valence-corrected chi connectivity index (χ2v) is 11.6. The van der Waals surface area contributed by atoms with E-state index in [1.807, 2.05) is 12.1 Å². The lowest BCUT2D eigenvalue weighted by Crippen LogP contribution is -3.00. The van der Waals surface area contributed by atoms with E-state index in [4.69, 9.17) is 23.2 Å². The molecule has 0 aliphatic carbocycles. The second kappa shape index (κ2) is 12.4. The van der Waals surface area contributed by atoms with Crippen LogP contribution in [0.4, 0.5) is 0 Å². The zero-order valence-corrected chi connectivity index (χ0v) is 28.1. The van der Waals surface area contributed by atoms with Crippen molar-refractivity contribution >= 4 is 66.8 Å². The molecule has 4 aromatic carbocycles. The Hall–Kier alpha value is -3.68. The van der Waals surface area contributed by atoms with Gasteiger partial charge in [0.05, 0.1) is 11.0 Å². The second-order valence-electron chi connectivity index (χ2n) is 10.7. The number of fused-ring (bicyclic) bond motifs is 6. The predicted molar refractivity (Wildman–Crippen MR) is 171 cm³/mol. The third kappa shape index (κ3) is 5.30. The summed E-state index contributed by atoms with van der Waals surface area (Å²) in [6.07, 6.45) is 8.79. The highest BCUT2D eigenvalue weighted by Crippen LogP contribution is 2.36. The smallest absolute Gasteiger partial charge is 0.195 e. The monoisotopic (exact) mass is 742 g/mol. The molecule has 0 unspecified atom stereocenters. The van der Waals surface area contributed by atoms with Crippen LogP contribution < -0.4 is 43.1 Å². The molecule has 0 atom stereocenters. The van der Waals surface area contributed by atoms with Crippen LogP contribution in [0.25, 0.3) is 43.6 Å². The largest absolute Gasteiger partial charge is 1.00 e. The lowest BCUT2D eigenvalue weighted by atomic mass is 10.2. The van der Waals surface area contributed by atoms with E-state index in [-0.39, 0.29) is 34.0 Å². The van der Waals surface area contributed by atoms with Gasteiger partial charge in [-0.2, -0.15) is 9.13 Å². The number of pyridine rings is 2. The fourth-order valence-corrected chi connectivity index (χ4v) is 6.48. The molecule has 0 bridgehead atoms. The van der Waals surface area contributed by atoms with Gasteiger partial charge in [0.25, 0.3) is 0 Å². The van der Waals surface area contributed by atoms with Crippen LogP contribution >= 0.6 is 23.2 Å². The molecular weight excluding hydrogens is 719 g/mol. The average Bonchev–Trinajstić information content (AvgIpc) is 3.48. The Morgan fingerprint density at radius 1 is 0.455 bits per heavy atom. The number of benzene rings is 4. The minimum absolute atomic E-state index is 0. The number of hydrogen-bond acceptors (Lipinski definition) is 0. The van der Waals surface area contributed by atoms with Crippen LogP contribution in [0, 0.1) is 0 Å². The number of rotatable bonds is 5. The molecule has 8 heteroatoms. The third-order valence-corrected chi connectivity index (χ3v) is 8.49. The normalized spacial score (nSPS) is 11.2. The van der Waals surface area contributed by atoms with Crippen LogP contribution in [0.1, 0.15) is 11.1 Å². The number of hydrogen-bond donors (Lipinski definition) is 0. The maximum absolute atomic E-state index is 6.56. The van der Waals surface area contributed by atoms with Gasteiger partial charge in [0.15, 0.2) is 37.9 Å². The molecule has 8 aromatic rings. The third-order valence-electron chi connectivity index (χ3n) is 8.02. The van der Waals surface area contributed by atoms with Crippen LogP contribution in [0.5, 0.6) is 0 Å². The summed E-state index contributed by atoms with van der Waals surface area (Å²) in [4.78, 5) is 0. The zero-order valence-electron chi connectivity index (χ0n) is 23.4. The maximum Gasteiger partial charge on any atom is 0.195 e. The Kier molecular flexibility index (Phi) is 8.53. The van der Waals surface area contributed by atoms with Crippen molar-refractivity contribution in [1.82, 2.24) is 9.35 Å². The van der Waals surface area contributed by atoms with Crippen LogP contribution in [0.2, 0.25) is 10.0 Å². The molecular formula is C36H26Br2Cl2N4. The summed E-state index contributed by atoms with van der Waals surface area (Å²) in [7, 11) is 0. The Balaban J connectivity index is 0.00000171. The number of aromatic nitrogens is 4. The van der Waals surface area contributed by atoms with Gasteiger partial charge < -0.3 is 34.0 Å². The molecule has 0 fully saturated rings. The molecule has 0 N–H and O–H groups in total. The van der Waals surface area contributed by atoms with Crippen molar-refractivity contribution in [2.75, 3.05) is 0 Å². The summed E-state index contributed by atoms with van der Waals surface area (Å²) in [5.41, 5.74) is 6.86. The summed E-state index contributed by atoms with van der Waals surface area (Å²) in [6.45, 7) is 1.55. The molecule has 0 spiro atoms. The first kappa shape index (κ1) is 30.4. The molecule has 4 aromatic heterocycles. The topological polar surface area (TPSA) is 17.6 Å². The van der Waals surface area contributed by atoms with E-state index < -0.39 is 0 Å². The van der Waals surface area contributed by atoms with Crippen molar-refractivity contribution in [1.29, 1.82) is 0 Å². The van der Waals surface area contributed by atoms with Crippen molar-refractivity contribution in [2.45, 2.75) is 13.1 Å². The van der Waals surface area contributed by atoms with Gasteiger partial charge in [-0.3, -0.25) is 0 Å². The van der Waals surface area contributed by atoms with E-state index in [1.165, 1.54) is 11.1 Å². The van der Waals surface area contributed by atoms with Crippen molar-refractivity contribution in [2.24, 2.45) is 0 Å². The molecule has 0 radical (unpaired) electrons. The van der Waals surface area contributed by atoms with Crippen molar-refractivity contribution in [3.8, 4) is 0 Å². The lowest BCUT2D eigenvalue weighted by molar-refractivity contribution is -0.687. The minimum atomic E-state index is 0.